The van der Waals surface area contributed by atoms with E-state index in [0.29, 0.717) is 0 Å². The molecule has 0 saturated carbocycles. The van der Waals surface area contributed by atoms with Crippen LogP contribution in [0.1, 0.15) is 38.9 Å². The van der Waals surface area contributed by atoms with Gasteiger partial charge < -0.3 is 30.4 Å². The molecule has 0 amide bonds. The average molecular weight is 398 g/mol. The van der Waals surface area contributed by atoms with Gasteiger partial charge in [-0.25, -0.2) is 0 Å². The van der Waals surface area contributed by atoms with Gasteiger partial charge in [0.1, 0.15) is 24.6 Å². The van der Waals surface area contributed by atoms with Crippen molar-refractivity contribution >= 4 is 17.9 Å². The SMILES string of the molecule is CC(=O)OCC1OC(n2ccnc(C(N)N)c2=O)[C@H](OC(C)=O)[C@@H]1OC(C)=O. The van der Waals surface area contributed by atoms with E-state index in [1.54, 1.807) is 0 Å². The zero-order valence-corrected chi connectivity index (χ0v) is 15.6. The Bertz CT molecular complexity index is 808. The number of hydrogen-bond donors (Lipinski definition) is 2. The number of carbonyl (C=O) groups is 3. The Morgan fingerprint density at radius 2 is 1.75 bits per heavy atom. The van der Waals surface area contributed by atoms with Crippen LogP contribution in [0.25, 0.3) is 0 Å². The van der Waals surface area contributed by atoms with Crippen LogP contribution < -0.4 is 17.0 Å². The zero-order valence-electron chi connectivity index (χ0n) is 15.6. The molecule has 0 spiro atoms. The van der Waals surface area contributed by atoms with E-state index in [1.807, 2.05) is 0 Å². The summed E-state index contributed by atoms with van der Waals surface area (Å²) in [5.74, 6) is -1.96. The van der Waals surface area contributed by atoms with Gasteiger partial charge in [-0.1, -0.05) is 0 Å². The van der Waals surface area contributed by atoms with Crippen LogP contribution >= 0.6 is 0 Å². The summed E-state index contributed by atoms with van der Waals surface area (Å²) >= 11 is 0. The lowest BCUT2D eigenvalue weighted by Gasteiger charge is -2.24. The first-order valence-electron chi connectivity index (χ1n) is 8.33. The minimum atomic E-state index is -1.19. The van der Waals surface area contributed by atoms with E-state index in [-0.39, 0.29) is 12.3 Å². The molecule has 1 saturated heterocycles. The number of esters is 3. The molecule has 0 radical (unpaired) electrons. The molecule has 2 unspecified atom stereocenters. The summed E-state index contributed by atoms with van der Waals surface area (Å²) in [7, 11) is 0. The first kappa shape index (κ1) is 21.5. The number of hydrogen-bond acceptors (Lipinski definition) is 11. The maximum absolute atomic E-state index is 12.7. The zero-order chi connectivity index (χ0) is 21.0. The fourth-order valence-electron chi connectivity index (χ4n) is 2.79. The average Bonchev–Trinajstić information content (AvgIpc) is 2.89. The van der Waals surface area contributed by atoms with Crippen LogP contribution in [0.2, 0.25) is 0 Å². The lowest BCUT2D eigenvalue weighted by atomic mass is 10.1. The number of ether oxygens (including phenoxy) is 4. The van der Waals surface area contributed by atoms with Crippen LogP contribution in [-0.4, -0.2) is 52.4 Å². The highest BCUT2D eigenvalue weighted by atomic mass is 16.7. The monoisotopic (exact) mass is 398 g/mol. The van der Waals surface area contributed by atoms with Crippen molar-refractivity contribution in [2.24, 2.45) is 11.5 Å². The van der Waals surface area contributed by atoms with Gasteiger partial charge in [-0.05, 0) is 0 Å². The Hall–Kier alpha value is -2.83. The Morgan fingerprint density at radius 1 is 1.14 bits per heavy atom. The molecule has 1 aliphatic heterocycles. The fourth-order valence-corrected chi connectivity index (χ4v) is 2.79. The topological polar surface area (TPSA) is 175 Å². The standard InChI is InChI=1S/C16H22N4O8/c1-7(21)25-6-10-12(26-8(2)22)13(27-9(3)23)16(28-10)20-5-4-19-11(14(17)18)15(20)24/h4-5,10,12-14,16H,6,17-18H2,1-3H3/t10?,12-,13-,16?/m1/s1. The summed E-state index contributed by atoms with van der Waals surface area (Å²) in [4.78, 5) is 50.8. The first-order valence-corrected chi connectivity index (χ1v) is 8.33. The first-order chi connectivity index (χ1) is 13.1. The molecule has 0 aliphatic carbocycles. The van der Waals surface area contributed by atoms with E-state index in [4.69, 9.17) is 30.4 Å². The third-order valence-corrected chi connectivity index (χ3v) is 3.82. The molecule has 0 bridgehead atoms. The highest BCUT2D eigenvalue weighted by Crippen LogP contribution is 2.33. The van der Waals surface area contributed by atoms with E-state index in [2.05, 4.69) is 4.98 Å². The molecular weight excluding hydrogens is 376 g/mol. The molecule has 12 heteroatoms. The second-order valence-corrected chi connectivity index (χ2v) is 6.07. The molecule has 1 aromatic heterocycles. The van der Waals surface area contributed by atoms with E-state index in [9.17, 15) is 19.2 Å². The van der Waals surface area contributed by atoms with Gasteiger partial charge in [-0.2, -0.15) is 0 Å². The third-order valence-electron chi connectivity index (χ3n) is 3.82. The summed E-state index contributed by atoms with van der Waals surface area (Å²) in [6.07, 6.45) is -3.08. The number of nitrogens with two attached hydrogens (primary N) is 2. The van der Waals surface area contributed by atoms with Gasteiger partial charge in [0.05, 0.1) is 0 Å². The van der Waals surface area contributed by atoms with Crippen LogP contribution in [-0.2, 0) is 33.3 Å². The van der Waals surface area contributed by atoms with Crippen molar-refractivity contribution < 1.29 is 33.3 Å². The van der Waals surface area contributed by atoms with Crippen molar-refractivity contribution in [2.45, 2.75) is 51.5 Å². The molecule has 2 rings (SSSR count). The van der Waals surface area contributed by atoms with Crippen LogP contribution in [0.5, 0.6) is 0 Å². The van der Waals surface area contributed by atoms with E-state index < -0.39 is 54.2 Å². The van der Waals surface area contributed by atoms with Crippen molar-refractivity contribution in [2.75, 3.05) is 6.61 Å². The van der Waals surface area contributed by atoms with Gasteiger partial charge in [-0.3, -0.25) is 28.7 Å². The minimum Gasteiger partial charge on any atom is -0.463 e. The lowest BCUT2D eigenvalue weighted by Crippen LogP contribution is -2.42. The van der Waals surface area contributed by atoms with Gasteiger partial charge in [0, 0.05) is 33.2 Å². The number of carbonyl (C=O) groups excluding carboxylic acids is 3. The highest BCUT2D eigenvalue weighted by Gasteiger charge is 2.51. The van der Waals surface area contributed by atoms with Gasteiger partial charge in [0.15, 0.2) is 18.4 Å². The number of aromatic nitrogens is 2. The second kappa shape index (κ2) is 8.91. The van der Waals surface area contributed by atoms with Crippen LogP contribution in [0.3, 0.4) is 0 Å². The van der Waals surface area contributed by atoms with Crippen molar-refractivity contribution in [3.8, 4) is 0 Å². The predicted molar refractivity (Wildman–Crippen MR) is 91.3 cm³/mol. The summed E-state index contributed by atoms with van der Waals surface area (Å²) < 4.78 is 22.3. The fraction of sp³-hybridized carbons (Fsp3) is 0.562. The minimum absolute atomic E-state index is 0.139. The summed E-state index contributed by atoms with van der Waals surface area (Å²) in [5.41, 5.74) is 10.3. The number of rotatable bonds is 6. The van der Waals surface area contributed by atoms with Crippen molar-refractivity contribution in [3.63, 3.8) is 0 Å². The van der Waals surface area contributed by atoms with Crippen LogP contribution in [0, 0.1) is 0 Å². The molecule has 1 aromatic rings. The molecular formula is C16H22N4O8. The second-order valence-electron chi connectivity index (χ2n) is 6.07. The van der Waals surface area contributed by atoms with Crippen LogP contribution in [0.4, 0.5) is 0 Å². The molecule has 154 valence electrons. The van der Waals surface area contributed by atoms with Gasteiger partial charge in [0.25, 0.3) is 5.56 Å². The van der Waals surface area contributed by atoms with E-state index >= 15 is 0 Å². The molecule has 28 heavy (non-hydrogen) atoms. The normalized spacial score (nSPS) is 24.1. The molecule has 1 aliphatic rings. The maximum Gasteiger partial charge on any atom is 0.303 e. The van der Waals surface area contributed by atoms with Crippen molar-refractivity contribution in [1.29, 1.82) is 0 Å². The summed E-state index contributed by atoms with van der Waals surface area (Å²) in [5, 5.41) is 0. The molecule has 2 heterocycles. The third kappa shape index (κ3) is 4.91. The highest BCUT2D eigenvalue weighted by molar-refractivity contribution is 5.68. The Balaban J connectivity index is 2.47. The largest absolute Gasteiger partial charge is 0.463 e. The molecule has 4 N–H and O–H groups in total. The Kier molecular flexibility index (Phi) is 6.83. The van der Waals surface area contributed by atoms with Crippen molar-refractivity contribution in [3.05, 3.63) is 28.4 Å². The molecule has 0 aromatic carbocycles. The summed E-state index contributed by atoms with van der Waals surface area (Å²) in [6, 6.07) is 0. The van der Waals surface area contributed by atoms with Gasteiger partial charge in [-0.15, -0.1) is 0 Å². The Labute approximate surface area is 159 Å². The molecule has 1 fully saturated rings. The van der Waals surface area contributed by atoms with Gasteiger partial charge >= 0.3 is 17.9 Å². The summed E-state index contributed by atoms with van der Waals surface area (Å²) in [6.45, 7) is 3.22. The smallest absolute Gasteiger partial charge is 0.303 e. The van der Waals surface area contributed by atoms with Crippen molar-refractivity contribution in [1.82, 2.24) is 9.55 Å². The van der Waals surface area contributed by atoms with E-state index in [0.717, 1.165) is 18.4 Å². The Morgan fingerprint density at radius 3 is 2.29 bits per heavy atom. The lowest BCUT2D eigenvalue weighted by molar-refractivity contribution is -0.166. The van der Waals surface area contributed by atoms with Gasteiger partial charge in [0.2, 0.25) is 0 Å². The maximum atomic E-state index is 12.7. The predicted octanol–water partition coefficient (Wildman–Crippen LogP) is -1.52. The number of nitrogens with zero attached hydrogens (tertiary/aromatic N) is 2. The van der Waals surface area contributed by atoms with E-state index in [1.165, 1.54) is 19.3 Å². The molecule has 12 nitrogen and oxygen atoms in total. The quantitative estimate of drug-likeness (QED) is 0.323. The molecule has 4 atom stereocenters. The van der Waals surface area contributed by atoms with Crippen LogP contribution in [0.15, 0.2) is 17.2 Å².